The standard InChI is InChI=1S/C13H16FNO2/c1-17-11-5-4-9(14)8-10(11)12(16)13(15)6-2-3-7-13/h4-5,8H,2-3,6-7,15H2,1H3. The topological polar surface area (TPSA) is 52.3 Å². The summed E-state index contributed by atoms with van der Waals surface area (Å²) in [6, 6.07) is 3.93. The Morgan fingerprint density at radius 3 is 2.65 bits per heavy atom. The lowest BCUT2D eigenvalue weighted by atomic mass is 9.88. The molecule has 3 nitrogen and oxygen atoms in total. The van der Waals surface area contributed by atoms with E-state index in [0.717, 1.165) is 12.8 Å². The Bertz CT molecular complexity index is 439. The van der Waals surface area contributed by atoms with Gasteiger partial charge in [-0.1, -0.05) is 12.8 Å². The molecule has 1 aliphatic rings. The van der Waals surface area contributed by atoms with Crippen molar-refractivity contribution in [2.75, 3.05) is 7.11 Å². The molecule has 1 aliphatic carbocycles. The molecule has 1 aromatic carbocycles. The molecule has 0 unspecified atom stereocenters. The van der Waals surface area contributed by atoms with Gasteiger partial charge in [0.25, 0.3) is 0 Å². The van der Waals surface area contributed by atoms with Crippen molar-refractivity contribution in [1.82, 2.24) is 0 Å². The summed E-state index contributed by atoms with van der Waals surface area (Å²) in [7, 11) is 1.46. The summed E-state index contributed by atoms with van der Waals surface area (Å²) in [6.45, 7) is 0. The summed E-state index contributed by atoms with van der Waals surface area (Å²) in [5.41, 5.74) is 5.48. The number of ketones is 1. The fourth-order valence-corrected chi connectivity index (χ4v) is 2.36. The number of rotatable bonds is 3. The minimum absolute atomic E-state index is 0.216. The minimum Gasteiger partial charge on any atom is -0.496 e. The van der Waals surface area contributed by atoms with Crippen LogP contribution in [0.25, 0.3) is 0 Å². The summed E-state index contributed by atoms with van der Waals surface area (Å²) in [5.74, 6) is -0.282. The Balaban J connectivity index is 2.39. The molecule has 92 valence electrons. The van der Waals surface area contributed by atoms with Gasteiger partial charge in [-0.05, 0) is 31.0 Å². The van der Waals surface area contributed by atoms with Gasteiger partial charge in [-0.25, -0.2) is 4.39 Å². The van der Waals surface area contributed by atoms with E-state index in [4.69, 9.17) is 10.5 Å². The maximum atomic E-state index is 13.2. The number of carbonyl (C=O) groups excluding carboxylic acids is 1. The minimum atomic E-state index is -0.846. The normalized spacial score (nSPS) is 18.1. The van der Waals surface area contributed by atoms with Crippen molar-refractivity contribution in [3.63, 3.8) is 0 Å². The van der Waals surface area contributed by atoms with Crippen LogP contribution in [0.5, 0.6) is 5.75 Å². The quantitative estimate of drug-likeness (QED) is 0.820. The lowest BCUT2D eigenvalue weighted by Crippen LogP contribution is -2.45. The molecule has 1 aromatic rings. The maximum Gasteiger partial charge on any atom is 0.186 e. The van der Waals surface area contributed by atoms with E-state index in [-0.39, 0.29) is 11.3 Å². The molecule has 0 radical (unpaired) electrons. The van der Waals surface area contributed by atoms with Gasteiger partial charge < -0.3 is 10.5 Å². The number of Topliss-reactive ketones (excluding diaryl/α,β-unsaturated/α-hetero) is 1. The van der Waals surface area contributed by atoms with Crippen molar-refractivity contribution < 1.29 is 13.9 Å². The third-order valence-corrected chi connectivity index (χ3v) is 3.35. The fraction of sp³-hybridized carbons (Fsp3) is 0.462. The van der Waals surface area contributed by atoms with Gasteiger partial charge in [0.05, 0.1) is 18.2 Å². The molecule has 0 aromatic heterocycles. The molecule has 1 saturated carbocycles. The van der Waals surface area contributed by atoms with Crippen LogP contribution in [-0.4, -0.2) is 18.4 Å². The Morgan fingerprint density at radius 2 is 2.06 bits per heavy atom. The number of carbonyl (C=O) groups is 1. The molecule has 0 amide bonds. The van der Waals surface area contributed by atoms with Crippen LogP contribution < -0.4 is 10.5 Å². The molecular weight excluding hydrogens is 221 g/mol. The third-order valence-electron chi connectivity index (χ3n) is 3.35. The Morgan fingerprint density at radius 1 is 1.41 bits per heavy atom. The van der Waals surface area contributed by atoms with Crippen molar-refractivity contribution in [3.05, 3.63) is 29.6 Å². The molecule has 2 rings (SSSR count). The zero-order valence-electron chi connectivity index (χ0n) is 9.83. The Labute approximate surface area is 99.8 Å². The zero-order valence-corrected chi connectivity index (χ0v) is 9.83. The number of halogens is 1. The van der Waals surface area contributed by atoms with Crippen LogP contribution in [0.4, 0.5) is 4.39 Å². The molecule has 0 bridgehead atoms. The number of nitrogens with two attached hydrogens (primary N) is 1. The second-order valence-corrected chi connectivity index (χ2v) is 4.54. The Hall–Kier alpha value is -1.42. The molecule has 17 heavy (non-hydrogen) atoms. The van der Waals surface area contributed by atoms with Gasteiger partial charge in [0.1, 0.15) is 11.6 Å². The lowest BCUT2D eigenvalue weighted by molar-refractivity contribution is 0.0888. The van der Waals surface area contributed by atoms with Crippen molar-refractivity contribution >= 4 is 5.78 Å². The van der Waals surface area contributed by atoms with Gasteiger partial charge in [0.2, 0.25) is 0 Å². The number of methoxy groups -OCH3 is 1. The second kappa shape index (κ2) is 4.45. The van der Waals surface area contributed by atoms with Gasteiger partial charge in [-0.15, -0.1) is 0 Å². The third kappa shape index (κ3) is 2.17. The number of benzene rings is 1. The summed E-state index contributed by atoms with van der Waals surface area (Å²) in [5, 5.41) is 0. The smallest absolute Gasteiger partial charge is 0.186 e. The number of hydrogen-bond donors (Lipinski definition) is 1. The van der Waals surface area contributed by atoms with Crippen LogP contribution in [0.15, 0.2) is 18.2 Å². The van der Waals surface area contributed by atoms with E-state index in [1.807, 2.05) is 0 Å². The molecule has 0 spiro atoms. The highest BCUT2D eigenvalue weighted by Gasteiger charge is 2.38. The predicted octanol–water partition coefficient (Wildman–Crippen LogP) is 2.29. The molecule has 4 heteroatoms. The number of ether oxygens (including phenoxy) is 1. The van der Waals surface area contributed by atoms with E-state index in [9.17, 15) is 9.18 Å². The van der Waals surface area contributed by atoms with E-state index in [1.165, 1.54) is 25.3 Å². The summed E-state index contributed by atoms with van der Waals surface area (Å²) in [4.78, 5) is 12.3. The van der Waals surface area contributed by atoms with Crippen LogP contribution in [-0.2, 0) is 0 Å². The summed E-state index contributed by atoms with van der Waals surface area (Å²) in [6.07, 6.45) is 3.21. The van der Waals surface area contributed by atoms with Crippen molar-refractivity contribution in [2.24, 2.45) is 5.73 Å². The molecule has 0 saturated heterocycles. The van der Waals surface area contributed by atoms with E-state index in [1.54, 1.807) is 0 Å². The SMILES string of the molecule is COc1ccc(F)cc1C(=O)C1(N)CCCC1. The molecule has 0 atom stereocenters. The predicted molar refractivity (Wildman–Crippen MR) is 62.7 cm³/mol. The average molecular weight is 237 g/mol. The first-order chi connectivity index (χ1) is 8.07. The van der Waals surface area contributed by atoms with Crippen LogP contribution in [0.1, 0.15) is 36.0 Å². The van der Waals surface area contributed by atoms with Gasteiger partial charge in [-0.2, -0.15) is 0 Å². The van der Waals surface area contributed by atoms with E-state index in [2.05, 4.69) is 0 Å². The monoisotopic (exact) mass is 237 g/mol. The maximum absolute atomic E-state index is 13.2. The van der Waals surface area contributed by atoms with Crippen LogP contribution in [0.3, 0.4) is 0 Å². The summed E-state index contributed by atoms with van der Waals surface area (Å²) >= 11 is 0. The van der Waals surface area contributed by atoms with E-state index >= 15 is 0 Å². The van der Waals surface area contributed by atoms with Crippen LogP contribution in [0, 0.1) is 5.82 Å². The first-order valence-corrected chi connectivity index (χ1v) is 5.74. The van der Waals surface area contributed by atoms with Crippen molar-refractivity contribution in [2.45, 2.75) is 31.2 Å². The average Bonchev–Trinajstić information content (AvgIpc) is 2.76. The van der Waals surface area contributed by atoms with Gasteiger partial charge in [-0.3, -0.25) is 4.79 Å². The van der Waals surface area contributed by atoms with Gasteiger partial charge in [0, 0.05) is 0 Å². The van der Waals surface area contributed by atoms with E-state index < -0.39 is 11.4 Å². The zero-order chi connectivity index (χ0) is 12.5. The van der Waals surface area contributed by atoms with Crippen LogP contribution >= 0.6 is 0 Å². The second-order valence-electron chi connectivity index (χ2n) is 4.54. The molecule has 2 N–H and O–H groups in total. The number of hydrogen-bond acceptors (Lipinski definition) is 3. The molecular formula is C13H16FNO2. The molecule has 1 fully saturated rings. The van der Waals surface area contributed by atoms with E-state index in [0.29, 0.717) is 18.6 Å². The largest absolute Gasteiger partial charge is 0.496 e. The van der Waals surface area contributed by atoms with Crippen LogP contribution in [0.2, 0.25) is 0 Å². The molecule has 0 heterocycles. The van der Waals surface area contributed by atoms with Gasteiger partial charge in [0.15, 0.2) is 5.78 Å². The first-order valence-electron chi connectivity index (χ1n) is 5.74. The highest BCUT2D eigenvalue weighted by molar-refractivity contribution is 6.05. The van der Waals surface area contributed by atoms with Gasteiger partial charge >= 0.3 is 0 Å². The Kier molecular flexibility index (Phi) is 3.15. The summed E-state index contributed by atoms with van der Waals surface area (Å²) < 4.78 is 18.3. The fourth-order valence-electron chi connectivity index (χ4n) is 2.36. The highest BCUT2D eigenvalue weighted by Crippen LogP contribution is 2.33. The molecule has 0 aliphatic heterocycles. The van der Waals surface area contributed by atoms with Crippen molar-refractivity contribution in [1.29, 1.82) is 0 Å². The highest BCUT2D eigenvalue weighted by atomic mass is 19.1. The van der Waals surface area contributed by atoms with Crippen molar-refractivity contribution in [3.8, 4) is 5.75 Å². The lowest BCUT2D eigenvalue weighted by Gasteiger charge is -2.22. The first kappa shape index (κ1) is 12.0.